The number of likely N-dealkylation sites (N-methyl/N-ethyl adjacent to an activating group) is 1. The molecule has 0 N–H and O–H groups in total. The van der Waals surface area contributed by atoms with Gasteiger partial charge in [-0.2, -0.15) is 0 Å². The van der Waals surface area contributed by atoms with Gasteiger partial charge in [0.25, 0.3) is 0 Å². The Morgan fingerprint density at radius 1 is 1.06 bits per heavy atom. The van der Waals surface area contributed by atoms with Gasteiger partial charge in [-0.15, -0.1) is 15.3 Å². The van der Waals surface area contributed by atoms with Gasteiger partial charge in [-0.25, -0.2) is 18.6 Å². The molecule has 1 aliphatic carbocycles. The first-order valence-electron chi connectivity index (χ1n) is 11.4. The van der Waals surface area contributed by atoms with Crippen LogP contribution in [0, 0.1) is 16.2 Å². The van der Waals surface area contributed by atoms with Crippen molar-refractivity contribution in [3.63, 3.8) is 0 Å². The molecule has 1 spiro atoms. The molecule has 176 valence electrons. The first kappa shape index (κ1) is 24.9. The van der Waals surface area contributed by atoms with Crippen molar-refractivity contribution in [1.29, 1.82) is 0 Å². The third-order valence-electron chi connectivity index (χ3n) is 7.87. The van der Waals surface area contributed by atoms with Gasteiger partial charge >= 0.3 is 0 Å². The van der Waals surface area contributed by atoms with E-state index in [0.717, 1.165) is 11.0 Å². The van der Waals surface area contributed by atoms with Crippen LogP contribution in [0.3, 0.4) is 0 Å². The van der Waals surface area contributed by atoms with Crippen LogP contribution in [0.15, 0.2) is 30.3 Å². The molecule has 3 fully saturated rings. The van der Waals surface area contributed by atoms with Crippen molar-refractivity contribution in [2.75, 3.05) is 13.1 Å². The Morgan fingerprint density at radius 2 is 1.65 bits per heavy atom. The Morgan fingerprint density at radius 3 is 2.19 bits per heavy atom. The molecule has 2 saturated heterocycles. The number of fused-ring (bicyclic) bond motifs is 1. The second kappa shape index (κ2) is 9.23. The number of quaternary nitrogens is 1. The molecule has 0 amide bonds. The highest BCUT2D eigenvalue weighted by molar-refractivity contribution is 5.14. The van der Waals surface area contributed by atoms with E-state index < -0.39 is 10.2 Å². The highest BCUT2D eigenvalue weighted by atomic mass is 35.7. The molecule has 8 heteroatoms. The maximum Gasteiger partial charge on any atom is 0.168 e. The molecule has 3 unspecified atom stereocenters. The molecule has 3 aliphatic rings. The number of rotatable bonds is 3. The fourth-order valence-corrected chi connectivity index (χ4v) is 5.83. The van der Waals surface area contributed by atoms with E-state index in [4.69, 9.17) is 23.5 Å². The number of nitrogens with zero attached hydrogens (tertiary/aromatic N) is 2. The minimum atomic E-state index is -4.94. The van der Waals surface area contributed by atoms with Crippen molar-refractivity contribution >= 4 is 0 Å². The summed E-state index contributed by atoms with van der Waals surface area (Å²) in [5, 5.41) is 2.47. The maximum absolute atomic E-state index is 8.49. The summed E-state index contributed by atoms with van der Waals surface area (Å²) in [7, 11) is -4.94. The average molecular weight is 457 g/mol. The van der Waals surface area contributed by atoms with Crippen LogP contribution in [0.2, 0.25) is 0 Å². The maximum atomic E-state index is 8.49. The van der Waals surface area contributed by atoms with E-state index in [2.05, 4.69) is 63.1 Å². The fraction of sp³-hybridized carbons (Fsp3) is 0.739. The number of hydrogen-bond donors (Lipinski definition) is 0. The Bertz CT molecular complexity index is 714. The monoisotopic (exact) mass is 456 g/mol. The normalized spacial score (nSPS) is 32.3. The molecule has 31 heavy (non-hydrogen) atoms. The van der Waals surface area contributed by atoms with E-state index in [1.54, 1.807) is 0 Å². The van der Waals surface area contributed by atoms with Gasteiger partial charge in [0.15, 0.2) is 6.17 Å². The topological polar surface area (TPSA) is 105 Å². The molecule has 1 aromatic rings. The quantitative estimate of drug-likeness (QED) is 0.608. The van der Waals surface area contributed by atoms with E-state index in [-0.39, 0.29) is 11.1 Å². The van der Waals surface area contributed by atoms with Crippen LogP contribution in [0.1, 0.15) is 71.8 Å². The minimum absolute atomic E-state index is 0.0564. The van der Waals surface area contributed by atoms with Gasteiger partial charge in [0, 0.05) is 17.5 Å². The summed E-state index contributed by atoms with van der Waals surface area (Å²) in [5.74, 6) is 0.658. The number of hydroxylamine groups is 2. The van der Waals surface area contributed by atoms with E-state index in [1.807, 2.05) is 0 Å². The van der Waals surface area contributed by atoms with Crippen molar-refractivity contribution in [1.82, 2.24) is 5.06 Å². The summed E-state index contributed by atoms with van der Waals surface area (Å²) in [5.41, 5.74) is 1.64. The molecule has 2 heterocycles. The second-order valence-corrected chi connectivity index (χ2v) is 10.9. The average Bonchev–Trinajstić information content (AvgIpc) is 2.92. The molecule has 2 aliphatic heterocycles. The van der Waals surface area contributed by atoms with Crippen molar-refractivity contribution in [2.45, 2.75) is 90.1 Å². The smallest absolute Gasteiger partial charge is 0.168 e. The van der Waals surface area contributed by atoms with Crippen LogP contribution >= 0.6 is 0 Å². The first-order chi connectivity index (χ1) is 14.4. The first-order valence-corrected chi connectivity index (χ1v) is 12.6. The van der Waals surface area contributed by atoms with E-state index in [1.165, 1.54) is 57.2 Å². The zero-order valence-electron chi connectivity index (χ0n) is 19.2. The van der Waals surface area contributed by atoms with Gasteiger partial charge in [0.05, 0.1) is 6.54 Å². The Kier molecular flexibility index (Phi) is 7.41. The lowest BCUT2D eigenvalue weighted by molar-refractivity contribution is -2.00. The zero-order valence-corrected chi connectivity index (χ0v) is 20.0. The van der Waals surface area contributed by atoms with Gasteiger partial charge < -0.3 is 4.48 Å². The summed E-state index contributed by atoms with van der Waals surface area (Å²) >= 11 is 0. The summed E-state index contributed by atoms with van der Waals surface area (Å²) in [6, 6.07) is 11.1. The summed E-state index contributed by atoms with van der Waals surface area (Å²) < 4.78 is 35.1. The molecule has 1 saturated carbocycles. The molecule has 0 bridgehead atoms. The van der Waals surface area contributed by atoms with Gasteiger partial charge in [0.2, 0.25) is 0 Å². The SMILES string of the molecule is CC[N+]1(Cc2ccccc2)CC2(CCCCC2)ON2C1CC(C)C2(C)C.[O-][Cl+3]([O-])([O-])[O-]. The zero-order chi connectivity index (χ0) is 22.9. The summed E-state index contributed by atoms with van der Waals surface area (Å²) in [4.78, 5) is 6.94. The Balaban J connectivity index is 0.000000491. The van der Waals surface area contributed by atoms with E-state index in [0.29, 0.717) is 12.1 Å². The lowest BCUT2D eigenvalue weighted by Gasteiger charge is -2.58. The molecular formula is C23H37ClN2O5. The van der Waals surface area contributed by atoms with Gasteiger partial charge in [-0.1, -0.05) is 56.5 Å². The lowest BCUT2D eigenvalue weighted by Crippen LogP contribution is -2.73. The summed E-state index contributed by atoms with van der Waals surface area (Å²) in [6.45, 7) is 13.1. The molecule has 0 radical (unpaired) electrons. The van der Waals surface area contributed by atoms with Crippen molar-refractivity contribution in [3.05, 3.63) is 35.9 Å². The molecule has 3 atom stereocenters. The predicted molar refractivity (Wildman–Crippen MR) is 106 cm³/mol. The Hall–Kier alpha value is -0.770. The molecule has 0 aromatic heterocycles. The van der Waals surface area contributed by atoms with Crippen LogP contribution in [0.25, 0.3) is 0 Å². The predicted octanol–water partition coefficient (Wildman–Crippen LogP) is 0.362. The number of benzene rings is 1. The standard InChI is InChI=1S/C23H37N2O.ClHO4/c1-5-25(17-20-12-8-6-9-13-20)18-23(14-10-7-11-15-23)26-24-21(25)16-19(2)22(24,3)4;2-1(3,4)5/h6,8-9,12-13,19,21H,5,7,10-11,14-18H2,1-4H3;(H,2,3,4,5)/q+1;/p-1. The third kappa shape index (κ3) is 5.60. The van der Waals surface area contributed by atoms with E-state index in [9.17, 15) is 0 Å². The highest BCUT2D eigenvalue weighted by Gasteiger charge is 2.62. The van der Waals surface area contributed by atoms with Crippen molar-refractivity contribution in [2.24, 2.45) is 5.92 Å². The highest BCUT2D eigenvalue weighted by Crippen LogP contribution is 2.51. The third-order valence-corrected chi connectivity index (χ3v) is 7.87. The van der Waals surface area contributed by atoms with Crippen LogP contribution in [0.5, 0.6) is 0 Å². The minimum Gasteiger partial charge on any atom is -0.301 e. The van der Waals surface area contributed by atoms with Gasteiger partial charge in [0.1, 0.15) is 18.7 Å². The van der Waals surface area contributed by atoms with E-state index >= 15 is 0 Å². The lowest BCUT2D eigenvalue weighted by atomic mass is 9.82. The molecule has 4 rings (SSSR count). The van der Waals surface area contributed by atoms with Crippen molar-refractivity contribution in [3.8, 4) is 0 Å². The summed E-state index contributed by atoms with van der Waals surface area (Å²) in [6.07, 6.45) is 8.21. The van der Waals surface area contributed by atoms with Crippen LogP contribution in [-0.4, -0.2) is 39.9 Å². The fourth-order valence-electron chi connectivity index (χ4n) is 5.83. The largest absolute Gasteiger partial charge is 0.301 e. The number of halogens is 1. The van der Waals surface area contributed by atoms with Crippen LogP contribution in [0.4, 0.5) is 0 Å². The molecular weight excluding hydrogens is 420 g/mol. The van der Waals surface area contributed by atoms with Crippen molar-refractivity contribution < 1.29 is 38.2 Å². The molecule has 1 aromatic carbocycles. The van der Waals surface area contributed by atoms with Gasteiger partial charge in [-0.3, -0.25) is 4.84 Å². The van der Waals surface area contributed by atoms with Crippen LogP contribution in [-0.2, 0) is 11.4 Å². The second-order valence-electron chi connectivity index (χ2n) is 10.1. The Labute approximate surface area is 188 Å². The van der Waals surface area contributed by atoms with Crippen LogP contribution < -0.4 is 18.6 Å². The van der Waals surface area contributed by atoms with Gasteiger partial charge in [-0.05, 0) is 39.5 Å². The number of hydrogen-bond acceptors (Lipinski definition) is 6. The molecule has 7 nitrogen and oxygen atoms in total.